The zero-order chi connectivity index (χ0) is 19.6. The number of likely N-dealkylation sites (tertiary alicyclic amines) is 1. The molecule has 4 aromatic rings. The molecule has 7 heteroatoms. The van der Waals surface area contributed by atoms with E-state index in [0.717, 1.165) is 49.0 Å². The molecular weight excluding hydrogens is 380 g/mol. The molecule has 4 heterocycles. The van der Waals surface area contributed by atoms with Crippen molar-refractivity contribution < 1.29 is 0 Å². The van der Waals surface area contributed by atoms with Gasteiger partial charge in [0.05, 0.1) is 0 Å². The second-order valence-electron chi connectivity index (χ2n) is 7.75. The van der Waals surface area contributed by atoms with Crippen molar-refractivity contribution in [3.05, 3.63) is 64.9 Å². The van der Waals surface area contributed by atoms with Crippen LogP contribution in [0.4, 0.5) is 5.82 Å². The van der Waals surface area contributed by atoms with Gasteiger partial charge in [-0.3, -0.25) is 4.90 Å². The van der Waals surface area contributed by atoms with Crippen molar-refractivity contribution in [2.75, 3.05) is 31.6 Å². The molecule has 0 radical (unpaired) electrons. The van der Waals surface area contributed by atoms with E-state index in [1.165, 1.54) is 12.0 Å². The standard InChI is InChI=1S/C22H24N6S/c1-26(13-18-9-11-27(15-18)14-17-5-3-2-4-6-17)21-8-7-20-23-24-22(28(20)25-21)19-10-12-29-16-19/h2-8,10,12,16,18H,9,11,13-15H2,1H3. The van der Waals surface area contributed by atoms with E-state index in [9.17, 15) is 0 Å². The van der Waals surface area contributed by atoms with Crippen LogP contribution in [0.1, 0.15) is 12.0 Å². The van der Waals surface area contributed by atoms with Gasteiger partial charge in [0.2, 0.25) is 0 Å². The maximum absolute atomic E-state index is 4.83. The minimum absolute atomic E-state index is 0.651. The number of anilines is 1. The van der Waals surface area contributed by atoms with Crippen molar-refractivity contribution in [3.63, 3.8) is 0 Å². The van der Waals surface area contributed by atoms with Crippen LogP contribution in [0.2, 0.25) is 0 Å². The number of nitrogens with zero attached hydrogens (tertiary/aromatic N) is 6. The predicted molar refractivity (Wildman–Crippen MR) is 117 cm³/mol. The van der Waals surface area contributed by atoms with Crippen molar-refractivity contribution in [3.8, 4) is 11.4 Å². The van der Waals surface area contributed by atoms with Gasteiger partial charge in [0.1, 0.15) is 5.82 Å². The fourth-order valence-corrected chi connectivity index (χ4v) is 4.72. The average molecular weight is 405 g/mol. The number of hydrogen-bond donors (Lipinski definition) is 0. The van der Waals surface area contributed by atoms with E-state index < -0.39 is 0 Å². The van der Waals surface area contributed by atoms with Crippen LogP contribution in [0.15, 0.2) is 59.3 Å². The van der Waals surface area contributed by atoms with Gasteiger partial charge >= 0.3 is 0 Å². The molecule has 1 aromatic carbocycles. The summed E-state index contributed by atoms with van der Waals surface area (Å²) in [6, 6.07) is 16.8. The van der Waals surface area contributed by atoms with Gasteiger partial charge in [-0.25, -0.2) is 0 Å². The summed E-state index contributed by atoms with van der Waals surface area (Å²) < 4.78 is 1.85. The monoisotopic (exact) mass is 404 g/mol. The van der Waals surface area contributed by atoms with Gasteiger partial charge in [-0.2, -0.15) is 15.9 Å². The van der Waals surface area contributed by atoms with Gasteiger partial charge in [0, 0.05) is 37.6 Å². The van der Waals surface area contributed by atoms with E-state index in [0.29, 0.717) is 5.92 Å². The smallest absolute Gasteiger partial charge is 0.186 e. The Balaban J connectivity index is 1.27. The molecule has 0 N–H and O–H groups in total. The van der Waals surface area contributed by atoms with Gasteiger partial charge in [-0.05, 0) is 48.0 Å². The highest BCUT2D eigenvalue weighted by molar-refractivity contribution is 7.08. The van der Waals surface area contributed by atoms with Crippen LogP contribution in [0, 0.1) is 5.92 Å². The van der Waals surface area contributed by atoms with Crippen LogP contribution in [0.25, 0.3) is 17.0 Å². The molecule has 0 bridgehead atoms. The SMILES string of the molecule is CN(CC1CCN(Cc2ccccc2)C1)c1ccc2nnc(-c3ccsc3)n2n1. The topological polar surface area (TPSA) is 49.6 Å². The molecule has 0 aliphatic carbocycles. The van der Waals surface area contributed by atoms with Gasteiger partial charge < -0.3 is 4.90 Å². The molecule has 5 rings (SSSR count). The number of hydrogen-bond acceptors (Lipinski definition) is 6. The summed E-state index contributed by atoms with van der Waals surface area (Å²) in [6.07, 6.45) is 1.23. The fraction of sp³-hybridized carbons (Fsp3) is 0.318. The maximum Gasteiger partial charge on any atom is 0.186 e. The van der Waals surface area contributed by atoms with E-state index in [1.807, 2.05) is 22.0 Å². The molecule has 1 aliphatic rings. The highest BCUT2D eigenvalue weighted by Crippen LogP contribution is 2.23. The molecule has 1 aliphatic heterocycles. The Hall–Kier alpha value is -2.77. The number of rotatable bonds is 6. The normalized spacial score (nSPS) is 17.2. The number of fused-ring (bicyclic) bond motifs is 1. The first-order valence-electron chi connectivity index (χ1n) is 9.99. The molecule has 1 unspecified atom stereocenters. The van der Waals surface area contributed by atoms with Crippen LogP contribution in [-0.2, 0) is 6.54 Å². The summed E-state index contributed by atoms with van der Waals surface area (Å²) in [5.74, 6) is 2.40. The number of benzene rings is 1. The van der Waals surface area contributed by atoms with E-state index >= 15 is 0 Å². The number of aromatic nitrogens is 4. The molecule has 1 fully saturated rings. The lowest BCUT2D eigenvalue weighted by molar-refractivity contribution is 0.317. The average Bonchev–Trinajstić information content (AvgIpc) is 3.49. The van der Waals surface area contributed by atoms with E-state index in [1.54, 1.807) is 11.3 Å². The van der Waals surface area contributed by atoms with Crippen LogP contribution in [0.5, 0.6) is 0 Å². The Bertz CT molecular complexity index is 1080. The summed E-state index contributed by atoms with van der Waals surface area (Å²) in [7, 11) is 2.13. The van der Waals surface area contributed by atoms with Crippen molar-refractivity contribution in [1.29, 1.82) is 0 Å². The summed E-state index contributed by atoms with van der Waals surface area (Å²) >= 11 is 1.65. The van der Waals surface area contributed by atoms with Gasteiger partial charge in [-0.1, -0.05) is 30.3 Å². The van der Waals surface area contributed by atoms with Crippen LogP contribution < -0.4 is 4.90 Å². The van der Waals surface area contributed by atoms with Gasteiger partial charge in [0.15, 0.2) is 11.5 Å². The summed E-state index contributed by atoms with van der Waals surface area (Å²) in [5.41, 5.74) is 3.22. The largest absolute Gasteiger partial charge is 0.358 e. The first-order valence-corrected chi connectivity index (χ1v) is 10.9. The third kappa shape index (κ3) is 3.88. The van der Waals surface area contributed by atoms with Crippen molar-refractivity contribution in [2.24, 2.45) is 5.92 Å². The second-order valence-corrected chi connectivity index (χ2v) is 8.53. The Morgan fingerprint density at radius 1 is 1.10 bits per heavy atom. The molecule has 0 amide bonds. The lowest BCUT2D eigenvalue weighted by atomic mass is 10.1. The van der Waals surface area contributed by atoms with E-state index in [4.69, 9.17) is 5.10 Å². The molecular formula is C22H24N6S. The highest BCUT2D eigenvalue weighted by Gasteiger charge is 2.24. The van der Waals surface area contributed by atoms with E-state index in [2.05, 4.69) is 68.8 Å². The summed E-state index contributed by atoms with van der Waals surface area (Å²) in [4.78, 5) is 4.81. The summed E-state index contributed by atoms with van der Waals surface area (Å²) in [5, 5.41) is 17.5. The van der Waals surface area contributed by atoms with Crippen molar-refractivity contribution >= 4 is 22.8 Å². The second kappa shape index (κ2) is 7.93. The molecule has 1 atom stereocenters. The Labute approximate surface area is 174 Å². The quantitative estimate of drug-likeness (QED) is 0.489. The molecule has 0 spiro atoms. The molecule has 3 aromatic heterocycles. The number of thiophene rings is 1. The first kappa shape index (κ1) is 18.3. The minimum atomic E-state index is 0.651. The molecule has 6 nitrogen and oxygen atoms in total. The molecule has 1 saturated heterocycles. The lowest BCUT2D eigenvalue weighted by Crippen LogP contribution is -2.29. The lowest BCUT2D eigenvalue weighted by Gasteiger charge is -2.22. The Morgan fingerprint density at radius 3 is 2.83 bits per heavy atom. The zero-order valence-corrected chi connectivity index (χ0v) is 17.3. The third-order valence-corrected chi connectivity index (χ3v) is 6.25. The predicted octanol–water partition coefficient (Wildman–Crippen LogP) is 3.81. The van der Waals surface area contributed by atoms with Crippen LogP contribution in [-0.4, -0.2) is 51.4 Å². The summed E-state index contributed by atoms with van der Waals surface area (Å²) in [6.45, 7) is 4.33. The fourth-order valence-electron chi connectivity index (χ4n) is 4.08. The third-order valence-electron chi connectivity index (χ3n) is 5.57. The Kier molecular flexibility index (Phi) is 4.99. The highest BCUT2D eigenvalue weighted by atomic mass is 32.1. The minimum Gasteiger partial charge on any atom is -0.358 e. The first-order chi connectivity index (χ1) is 14.3. The maximum atomic E-state index is 4.83. The van der Waals surface area contributed by atoms with Gasteiger partial charge in [-0.15, -0.1) is 15.3 Å². The molecule has 29 heavy (non-hydrogen) atoms. The van der Waals surface area contributed by atoms with Gasteiger partial charge in [0.25, 0.3) is 0 Å². The van der Waals surface area contributed by atoms with Crippen molar-refractivity contribution in [1.82, 2.24) is 24.7 Å². The Morgan fingerprint density at radius 2 is 2.00 bits per heavy atom. The van der Waals surface area contributed by atoms with Crippen LogP contribution >= 0.6 is 11.3 Å². The molecule has 0 saturated carbocycles. The molecule has 148 valence electrons. The van der Waals surface area contributed by atoms with Crippen LogP contribution in [0.3, 0.4) is 0 Å². The van der Waals surface area contributed by atoms with Crippen molar-refractivity contribution in [2.45, 2.75) is 13.0 Å². The zero-order valence-electron chi connectivity index (χ0n) is 16.5. The van der Waals surface area contributed by atoms with E-state index in [-0.39, 0.29) is 0 Å².